The monoisotopic (exact) mass is 281 g/mol. The summed E-state index contributed by atoms with van der Waals surface area (Å²) in [7, 11) is 0. The molecule has 0 bridgehead atoms. The molecule has 1 aliphatic carbocycles. The molecule has 1 aliphatic rings. The first-order chi connectivity index (χ1) is 9.16. The SMILES string of the molecule is CCOC(=O)CCNCC1(c2ccc(Cl)cc2)CC1. The van der Waals surface area contributed by atoms with Crippen molar-refractivity contribution in [2.45, 2.75) is 31.6 Å². The predicted octanol–water partition coefficient (Wildman–Crippen LogP) is 2.91. The maximum atomic E-state index is 11.2. The molecule has 4 heteroatoms. The smallest absolute Gasteiger partial charge is 0.307 e. The van der Waals surface area contributed by atoms with Crippen LogP contribution in [0.15, 0.2) is 24.3 Å². The van der Waals surface area contributed by atoms with Gasteiger partial charge in [-0.05, 0) is 37.5 Å². The van der Waals surface area contributed by atoms with Crippen LogP contribution in [0, 0.1) is 0 Å². The Morgan fingerprint density at radius 3 is 2.63 bits per heavy atom. The minimum Gasteiger partial charge on any atom is -0.466 e. The van der Waals surface area contributed by atoms with Crippen LogP contribution in [0.5, 0.6) is 0 Å². The van der Waals surface area contributed by atoms with Crippen molar-refractivity contribution in [1.29, 1.82) is 0 Å². The summed E-state index contributed by atoms with van der Waals surface area (Å²) >= 11 is 5.91. The number of halogens is 1. The van der Waals surface area contributed by atoms with Gasteiger partial charge in [-0.25, -0.2) is 0 Å². The highest BCUT2D eigenvalue weighted by molar-refractivity contribution is 6.30. The van der Waals surface area contributed by atoms with Gasteiger partial charge in [-0.15, -0.1) is 0 Å². The molecule has 0 amide bonds. The van der Waals surface area contributed by atoms with E-state index in [2.05, 4.69) is 17.4 Å². The van der Waals surface area contributed by atoms with Gasteiger partial charge in [0.25, 0.3) is 0 Å². The molecule has 19 heavy (non-hydrogen) atoms. The third kappa shape index (κ3) is 3.95. The molecule has 3 nitrogen and oxygen atoms in total. The second-order valence-electron chi connectivity index (χ2n) is 5.02. The number of carbonyl (C=O) groups excluding carboxylic acids is 1. The lowest BCUT2D eigenvalue weighted by Gasteiger charge is -2.16. The minimum atomic E-state index is -0.133. The summed E-state index contributed by atoms with van der Waals surface area (Å²) in [6.07, 6.45) is 2.83. The molecule has 1 fully saturated rings. The average molecular weight is 282 g/mol. The van der Waals surface area contributed by atoms with E-state index in [1.807, 2.05) is 19.1 Å². The van der Waals surface area contributed by atoms with Gasteiger partial charge in [0.2, 0.25) is 0 Å². The molecule has 1 saturated carbocycles. The lowest BCUT2D eigenvalue weighted by atomic mass is 9.96. The standard InChI is InChI=1S/C15H20ClNO2/c1-2-19-14(18)7-10-17-11-15(8-9-15)12-3-5-13(16)6-4-12/h3-6,17H,2,7-11H2,1H3. The molecule has 2 rings (SSSR count). The van der Waals surface area contributed by atoms with Gasteiger partial charge in [0.1, 0.15) is 0 Å². The first kappa shape index (κ1) is 14.4. The van der Waals surface area contributed by atoms with E-state index < -0.39 is 0 Å². The molecule has 0 spiro atoms. The fourth-order valence-electron chi connectivity index (χ4n) is 2.27. The average Bonchev–Trinajstić information content (AvgIpc) is 3.17. The van der Waals surface area contributed by atoms with Gasteiger partial charge in [0.05, 0.1) is 13.0 Å². The van der Waals surface area contributed by atoms with Crippen molar-refractivity contribution in [1.82, 2.24) is 5.32 Å². The van der Waals surface area contributed by atoms with Crippen molar-refractivity contribution >= 4 is 17.6 Å². The number of benzene rings is 1. The van der Waals surface area contributed by atoms with Crippen LogP contribution < -0.4 is 5.32 Å². The Hall–Kier alpha value is -1.06. The van der Waals surface area contributed by atoms with Crippen molar-refractivity contribution in [3.63, 3.8) is 0 Å². The Morgan fingerprint density at radius 1 is 1.37 bits per heavy atom. The van der Waals surface area contributed by atoms with Gasteiger partial charge in [0.15, 0.2) is 0 Å². The van der Waals surface area contributed by atoms with Crippen LogP contribution in [-0.2, 0) is 14.9 Å². The van der Waals surface area contributed by atoms with E-state index in [0.29, 0.717) is 19.6 Å². The van der Waals surface area contributed by atoms with Gasteiger partial charge in [0, 0.05) is 23.5 Å². The van der Waals surface area contributed by atoms with Gasteiger partial charge >= 0.3 is 5.97 Å². The first-order valence-corrected chi connectivity index (χ1v) is 7.16. The van der Waals surface area contributed by atoms with E-state index in [4.69, 9.17) is 16.3 Å². The minimum absolute atomic E-state index is 0.133. The van der Waals surface area contributed by atoms with E-state index in [-0.39, 0.29) is 11.4 Å². The molecular formula is C15H20ClNO2. The summed E-state index contributed by atoms with van der Waals surface area (Å²) in [4.78, 5) is 11.2. The maximum Gasteiger partial charge on any atom is 0.307 e. The zero-order valence-electron chi connectivity index (χ0n) is 11.2. The maximum absolute atomic E-state index is 11.2. The summed E-state index contributed by atoms with van der Waals surface area (Å²) in [6, 6.07) is 8.08. The van der Waals surface area contributed by atoms with Crippen LogP contribution in [0.25, 0.3) is 0 Å². The number of nitrogens with one attached hydrogen (secondary N) is 1. The third-order valence-corrected chi connectivity index (χ3v) is 3.84. The van der Waals surface area contributed by atoms with Crippen LogP contribution >= 0.6 is 11.6 Å². The lowest BCUT2D eigenvalue weighted by Crippen LogP contribution is -2.29. The summed E-state index contributed by atoms with van der Waals surface area (Å²) in [6.45, 7) is 3.86. The molecule has 0 aromatic heterocycles. The number of esters is 1. The first-order valence-electron chi connectivity index (χ1n) is 6.79. The number of hydrogen-bond donors (Lipinski definition) is 1. The van der Waals surface area contributed by atoms with Crippen molar-refractivity contribution in [2.24, 2.45) is 0 Å². The van der Waals surface area contributed by atoms with Gasteiger partial charge in [-0.1, -0.05) is 23.7 Å². The Labute approximate surface area is 119 Å². The molecular weight excluding hydrogens is 262 g/mol. The summed E-state index contributed by atoms with van der Waals surface area (Å²) in [5, 5.41) is 4.13. The van der Waals surface area contributed by atoms with Crippen LogP contribution in [0.4, 0.5) is 0 Å². The summed E-state index contributed by atoms with van der Waals surface area (Å²) in [5.74, 6) is -0.133. The second-order valence-corrected chi connectivity index (χ2v) is 5.46. The second kappa shape index (κ2) is 6.40. The van der Waals surface area contributed by atoms with Crippen LogP contribution in [0.1, 0.15) is 31.7 Å². The van der Waals surface area contributed by atoms with Crippen molar-refractivity contribution < 1.29 is 9.53 Å². The molecule has 1 aromatic rings. The number of carbonyl (C=O) groups is 1. The molecule has 1 aromatic carbocycles. The largest absolute Gasteiger partial charge is 0.466 e. The summed E-state index contributed by atoms with van der Waals surface area (Å²) < 4.78 is 4.89. The molecule has 0 unspecified atom stereocenters. The van der Waals surface area contributed by atoms with E-state index in [1.54, 1.807) is 0 Å². The highest BCUT2D eigenvalue weighted by Crippen LogP contribution is 2.47. The Bertz CT molecular complexity index is 426. The lowest BCUT2D eigenvalue weighted by molar-refractivity contribution is -0.142. The van der Waals surface area contributed by atoms with Crippen LogP contribution in [0.3, 0.4) is 0 Å². The summed E-state index contributed by atoms with van der Waals surface area (Å²) in [5.41, 5.74) is 1.58. The Kier molecular flexibility index (Phi) is 4.83. The van der Waals surface area contributed by atoms with Crippen molar-refractivity contribution in [3.05, 3.63) is 34.9 Å². The van der Waals surface area contributed by atoms with E-state index in [9.17, 15) is 4.79 Å². The molecule has 0 saturated heterocycles. The molecule has 0 aliphatic heterocycles. The zero-order chi connectivity index (χ0) is 13.7. The topological polar surface area (TPSA) is 38.3 Å². The highest BCUT2D eigenvalue weighted by atomic mass is 35.5. The molecule has 0 radical (unpaired) electrons. The van der Waals surface area contributed by atoms with Crippen molar-refractivity contribution in [3.8, 4) is 0 Å². The van der Waals surface area contributed by atoms with Gasteiger partial charge < -0.3 is 10.1 Å². The van der Waals surface area contributed by atoms with Gasteiger partial charge in [-0.3, -0.25) is 4.79 Å². The fraction of sp³-hybridized carbons (Fsp3) is 0.533. The zero-order valence-corrected chi connectivity index (χ0v) is 12.0. The van der Waals surface area contributed by atoms with E-state index in [0.717, 1.165) is 11.6 Å². The van der Waals surface area contributed by atoms with E-state index >= 15 is 0 Å². The third-order valence-electron chi connectivity index (χ3n) is 3.58. The van der Waals surface area contributed by atoms with Crippen LogP contribution in [-0.4, -0.2) is 25.7 Å². The Morgan fingerprint density at radius 2 is 2.05 bits per heavy atom. The quantitative estimate of drug-likeness (QED) is 0.617. The molecule has 0 atom stereocenters. The van der Waals surface area contributed by atoms with Crippen LogP contribution in [0.2, 0.25) is 5.02 Å². The number of ether oxygens (including phenoxy) is 1. The fourth-order valence-corrected chi connectivity index (χ4v) is 2.40. The predicted molar refractivity (Wildman–Crippen MR) is 76.5 cm³/mol. The number of hydrogen-bond acceptors (Lipinski definition) is 3. The molecule has 104 valence electrons. The normalized spacial score (nSPS) is 16.1. The molecule has 0 heterocycles. The van der Waals surface area contributed by atoms with Gasteiger partial charge in [-0.2, -0.15) is 0 Å². The highest BCUT2D eigenvalue weighted by Gasteiger charge is 2.43. The molecule has 1 N–H and O–H groups in total. The number of rotatable bonds is 7. The van der Waals surface area contributed by atoms with E-state index in [1.165, 1.54) is 18.4 Å². The Balaban J connectivity index is 1.76. The van der Waals surface area contributed by atoms with Crippen molar-refractivity contribution in [2.75, 3.05) is 19.7 Å².